The molecule has 14 heavy (non-hydrogen) atoms. The Hall–Kier alpha value is -0.610. The zero-order chi connectivity index (χ0) is 10.6. The third-order valence-electron chi connectivity index (χ3n) is 2.09. The minimum absolute atomic E-state index is 0.0870. The Balaban J connectivity index is 2.25. The van der Waals surface area contributed by atoms with Crippen molar-refractivity contribution in [2.45, 2.75) is 58.0 Å². The molecule has 0 aromatic rings. The van der Waals surface area contributed by atoms with Crippen LogP contribution in [0, 0.1) is 0 Å². The number of hydrogen-bond donors (Lipinski definition) is 1. The van der Waals surface area contributed by atoms with Gasteiger partial charge in [0.15, 0.2) is 6.29 Å². The number of carbonyl (C=O) groups is 1. The average Bonchev–Trinajstić information content (AvgIpc) is 2.01. The second kappa shape index (κ2) is 5.32. The van der Waals surface area contributed by atoms with Gasteiger partial charge < -0.3 is 14.6 Å². The molecule has 1 saturated heterocycles. The molecule has 4 nitrogen and oxygen atoms in total. The Labute approximate surface area is 84.2 Å². The van der Waals surface area contributed by atoms with Crippen LogP contribution >= 0.6 is 0 Å². The van der Waals surface area contributed by atoms with Crippen LogP contribution in [0.4, 0.5) is 0 Å². The fraction of sp³-hybridized carbons (Fsp3) is 0.900. The number of aliphatic hydroxyl groups excluding tert-OH is 1. The Kier molecular flexibility index (Phi) is 4.35. The maximum Gasteiger partial charge on any atom is 0.308 e. The monoisotopic (exact) mass is 202 g/mol. The van der Waals surface area contributed by atoms with Gasteiger partial charge in [0.05, 0.1) is 18.6 Å². The van der Waals surface area contributed by atoms with Crippen LogP contribution in [0.15, 0.2) is 0 Å². The summed E-state index contributed by atoms with van der Waals surface area (Å²) in [6.45, 7) is 3.63. The van der Waals surface area contributed by atoms with Crippen molar-refractivity contribution >= 4 is 5.97 Å². The lowest BCUT2D eigenvalue weighted by Gasteiger charge is -2.26. The van der Waals surface area contributed by atoms with Crippen LogP contribution in [-0.2, 0) is 14.3 Å². The third-order valence-corrected chi connectivity index (χ3v) is 2.09. The predicted octanol–water partition coefficient (Wildman–Crippen LogP) is 1.22. The minimum Gasteiger partial charge on any atom is -0.463 e. The summed E-state index contributed by atoms with van der Waals surface area (Å²) in [4.78, 5) is 11.2. The highest BCUT2D eigenvalue weighted by Crippen LogP contribution is 2.20. The molecule has 2 unspecified atom stereocenters. The third kappa shape index (κ3) is 4.07. The molecule has 0 saturated carbocycles. The van der Waals surface area contributed by atoms with Crippen LogP contribution in [0.5, 0.6) is 0 Å². The van der Waals surface area contributed by atoms with Gasteiger partial charge >= 0.3 is 5.97 Å². The molecule has 4 heteroatoms. The molecule has 0 spiro atoms. The SMILES string of the molecule is CC(C)OC(=O)CC1CCCC(O)O1. The summed E-state index contributed by atoms with van der Waals surface area (Å²) in [5.41, 5.74) is 0. The quantitative estimate of drug-likeness (QED) is 0.699. The smallest absolute Gasteiger partial charge is 0.308 e. The number of ether oxygens (including phenoxy) is 2. The van der Waals surface area contributed by atoms with Gasteiger partial charge in [-0.05, 0) is 33.1 Å². The summed E-state index contributed by atoms with van der Waals surface area (Å²) in [7, 11) is 0. The standard InChI is InChI=1S/C10H18O4/c1-7(2)13-10(12)6-8-4-3-5-9(11)14-8/h7-9,11H,3-6H2,1-2H3. The van der Waals surface area contributed by atoms with Gasteiger partial charge in [-0.1, -0.05) is 0 Å². The van der Waals surface area contributed by atoms with E-state index in [2.05, 4.69) is 0 Å². The maximum absolute atomic E-state index is 11.2. The van der Waals surface area contributed by atoms with E-state index in [1.807, 2.05) is 13.8 Å². The number of aliphatic hydroxyl groups is 1. The second-order valence-electron chi connectivity index (χ2n) is 3.89. The molecule has 1 N–H and O–H groups in total. The van der Waals surface area contributed by atoms with Gasteiger partial charge in [0.2, 0.25) is 0 Å². The number of rotatable bonds is 3. The first-order valence-electron chi connectivity index (χ1n) is 5.11. The zero-order valence-corrected chi connectivity index (χ0v) is 8.73. The zero-order valence-electron chi connectivity index (χ0n) is 8.73. The van der Waals surface area contributed by atoms with E-state index >= 15 is 0 Å². The Morgan fingerprint density at radius 1 is 1.57 bits per heavy atom. The van der Waals surface area contributed by atoms with Gasteiger partial charge in [-0.3, -0.25) is 4.79 Å². The highest BCUT2D eigenvalue weighted by molar-refractivity contribution is 5.70. The molecular weight excluding hydrogens is 184 g/mol. The minimum atomic E-state index is -0.708. The average molecular weight is 202 g/mol. The van der Waals surface area contributed by atoms with E-state index in [0.29, 0.717) is 6.42 Å². The van der Waals surface area contributed by atoms with Crippen molar-refractivity contribution in [2.24, 2.45) is 0 Å². The van der Waals surface area contributed by atoms with E-state index in [9.17, 15) is 9.90 Å². The van der Waals surface area contributed by atoms with E-state index < -0.39 is 6.29 Å². The van der Waals surface area contributed by atoms with Crippen LogP contribution < -0.4 is 0 Å². The van der Waals surface area contributed by atoms with E-state index in [-0.39, 0.29) is 24.6 Å². The largest absolute Gasteiger partial charge is 0.463 e. The van der Waals surface area contributed by atoms with Gasteiger partial charge in [0, 0.05) is 0 Å². The normalized spacial score (nSPS) is 27.7. The molecule has 0 aliphatic carbocycles. The van der Waals surface area contributed by atoms with Crippen molar-refractivity contribution in [2.75, 3.05) is 0 Å². The van der Waals surface area contributed by atoms with Gasteiger partial charge in [-0.15, -0.1) is 0 Å². The molecule has 0 radical (unpaired) electrons. The first-order chi connectivity index (χ1) is 6.58. The molecule has 82 valence electrons. The van der Waals surface area contributed by atoms with E-state index in [0.717, 1.165) is 12.8 Å². The topological polar surface area (TPSA) is 55.8 Å². The molecular formula is C10H18O4. The van der Waals surface area contributed by atoms with Crippen molar-refractivity contribution in [3.8, 4) is 0 Å². The molecule has 0 aromatic carbocycles. The molecule has 0 aromatic heterocycles. The highest BCUT2D eigenvalue weighted by atomic mass is 16.6. The highest BCUT2D eigenvalue weighted by Gasteiger charge is 2.23. The molecule has 1 heterocycles. The summed E-state index contributed by atoms with van der Waals surface area (Å²) in [5, 5.41) is 9.20. The van der Waals surface area contributed by atoms with Gasteiger partial charge in [0.1, 0.15) is 0 Å². The number of hydrogen-bond acceptors (Lipinski definition) is 4. The van der Waals surface area contributed by atoms with E-state index in [1.54, 1.807) is 0 Å². The van der Waals surface area contributed by atoms with Crippen molar-refractivity contribution in [3.05, 3.63) is 0 Å². The van der Waals surface area contributed by atoms with Crippen LogP contribution in [0.3, 0.4) is 0 Å². The lowest BCUT2D eigenvalue weighted by Crippen LogP contribution is -2.30. The lowest BCUT2D eigenvalue weighted by atomic mass is 10.1. The Bertz CT molecular complexity index is 191. The molecule has 1 aliphatic heterocycles. The summed E-state index contributed by atoms with van der Waals surface area (Å²) in [6.07, 6.45) is 1.66. The maximum atomic E-state index is 11.2. The first-order valence-corrected chi connectivity index (χ1v) is 5.11. The van der Waals surface area contributed by atoms with Crippen LogP contribution in [0.1, 0.15) is 39.5 Å². The van der Waals surface area contributed by atoms with Crippen molar-refractivity contribution in [1.29, 1.82) is 0 Å². The summed E-state index contributed by atoms with van der Waals surface area (Å²) < 4.78 is 10.2. The summed E-state index contributed by atoms with van der Waals surface area (Å²) in [5.74, 6) is -0.251. The van der Waals surface area contributed by atoms with E-state index in [1.165, 1.54) is 0 Å². The molecule has 0 amide bonds. The van der Waals surface area contributed by atoms with Gasteiger partial charge in [-0.2, -0.15) is 0 Å². The molecule has 1 rings (SSSR count). The molecule has 1 fully saturated rings. The molecule has 2 atom stereocenters. The van der Waals surface area contributed by atoms with Gasteiger partial charge in [0.25, 0.3) is 0 Å². The first kappa shape index (κ1) is 11.5. The van der Waals surface area contributed by atoms with Crippen molar-refractivity contribution < 1.29 is 19.4 Å². The summed E-state index contributed by atoms with van der Waals surface area (Å²) >= 11 is 0. The fourth-order valence-corrected chi connectivity index (χ4v) is 1.53. The molecule has 0 bridgehead atoms. The lowest BCUT2D eigenvalue weighted by molar-refractivity contribution is -0.176. The number of carbonyl (C=O) groups excluding carboxylic acids is 1. The summed E-state index contributed by atoms with van der Waals surface area (Å²) in [6, 6.07) is 0. The van der Waals surface area contributed by atoms with Crippen LogP contribution in [0.25, 0.3) is 0 Å². The van der Waals surface area contributed by atoms with Crippen LogP contribution in [0.2, 0.25) is 0 Å². The Morgan fingerprint density at radius 3 is 2.86 bits per heavy atom. The number of esters is 1. The molecule has 1 aliphatic rings. The second-order valence-corrected chi connectivity index (χ2v) is 3.89. The fourth-order valence-electron chi connectivity index (χ4n) is 1.53. The predicted molar refractivity (Wildman–Crippen MR) is 50.6 cm³/mol. The van der Waals surface area contributed by atoms with Crippen LogP contribution in [-0.4, -0.2) is 29.6 Å². The Morgan fingerprint density at radius 2 is 2.29 bits per heavy atom. The van der Waals surface area contributed by atoms with E-state index in [4.69, 9.17) is 9.47 Å². The van der Waals surface area contributed by atoms with Crippen molar-refractivity contribution in [3.63, 3.8) is 0 Å². The van der Waals surface area contributed by atoms with Crippen molar-refractivity contribution in [1.82, 2.24) is 0 Å². The van der Waals surface area contributed by atoms with Gasteiger partial charge in [-0.25, -0.2) is 0 Å².